The van der Waals surface area contributed by atoms with Crippen LogP contribution in [0.5, 0.6) is 0 Å². The molecule has 3 nitrogen and oxygen atoms in total. The number of nitrogens with one attached hydrogen (secondary N) is 1. The number of hydrogen-bond acceptors (Lipinski definition) is 3. The maximum Gasteiger partial charge on any atom is 0.288 e. The van der Waals surface area contributed by atoms with Crippen molar-refractivity contribution in [3.05, 3.63) is 47.5 Å². The molecule has 0 bridgehead atoms. The molecule has 2 heterocycles. The number of pyridine rings is 1. The first-order chi connectivity index (χ1) is 9.66. The summed E-state index contributed by atoms with van der Waals surface area (Å²) in [5.41, 5.74) is 2.22. The molecule has 1 N–H and O–H groups in total. The molecule has 0 amide bonds. The summed E-state index contributed by atoms with van der Waals surface area (Å²) in [6.07, 6.45) is 3.30. The predicted molar refractivity (Wildman–Crippen MR) is 78.1 cm³/mol. The molecule has 102 valence electrons. The molecule has 1 aromatic carbocycles. The normalized spacial score (nSPS) is 11.3. The number of para-hydroxylation sites is 1. The third-order valence-electron chi connectivity index (χ3n) is 2.81. The Kier molecular flexibility index (Phi) is 3.54. The monoisotopic (exact) mass is 309 g/mol. The van der Waals surface area contributed by atoms with Crippen LogP contribution in [-0.4, -0.2) is 20.3 Å². The predicted octanol–water partition coefficient (Wildman–Crippen LogP) is 4.40. The molecular formula is C13H9F2N3S2. The zero-order valence-corrected chi connectivity index (χ0v) is 11.7. The molecule has 3 aromatic rings. The Balaban J connectivity index is 2.26. The number of benzene rings is 1. The third-order valence-corrected chi connectivity index (χ3v) is 3.87. The van der Waals surface area contributed by atoms with Gasteiger partial charge >= 0.3 is 0 Å². The largest absolute Gasteiger partial charge is 0.329 e. The standard InChI is InChI=1S/C13H9F2N3S2/c14-12(15)20-11-4-2-1-3-10(11)18-9-5-6-16-7-8(9)17-13(18)19/h1-7,12H,(H,17,19). The molecule has 0 unspecified atom stereocenters. The lowest BCUT2D eigenvalue weighted by atomic mass is 10.3. The van der Waals surface area contributed by atoms with Gasteiger partial charge < -0.3 is 4.98 Å². The molecule has 7 heteroatoms. The van der Waals surface area contributed by atoms with Gasteiger partial charge in [-0.05, 0) is 30.4 Å². The quantitative estimate of drug-likeness (QED) is 0.575. The van der Waals surface area contributed by atoms with Crippen LogP contribution in [0.4, 0.5) is 8.78 Å². The summed E-state index contributed by atoms with van der Waals surface area (Å²) in [5.74, 6) is -2.47. The van der Waals surface area contributed by atoms with Crippen molar-refractivity contribution >= 4 is 35.0 Å². The van der Waals surface area contributed by atoms with Gasteiger partial charge in [0, 0.05) is 11.1 Å². The van der Waals surface area contributed by atoms with Gasteiger partial charge in [0.25, 0.3) is 5.76 Å². The van der Waals surface area contributed by atoms with Crippen LogP contribution in [0, 0.1) is 4.77 Å². The molecule has 0 aliphatic carbocycles. The van der Waals surface area contributed by atoms with Crippen molar-refractivity contribution in [2.45, 2.75) is 10.7 Å². The minimum atomic E-state index is -2.47. The number of imidazole rings is 1. The molecule has 20 heavy (non-hydrogen) atoms. The molecule has 0 saturated carbocycles. The highest BCUT2D eigenvalue weighted by atomic mass is 32.2. The number of aromatic nitrogens is 3. The number of rotatable bonds is 3. The molecule has 0 saturated heterocycles. The molecule has 0 aliphatic heterocycles. The van der Waals surface area contributed by atoms with Crippen molar-refractivity contribution in [2.75, 3.05) is 0 Å². The van der Waals surface area contributed by atoms with Gasteiger partial charge in [-0.15, -0.1) is 0 Å². The molecule has 0 spiro atoms. The topological polar surface area (TPSA) is 33.6 Å². The molecule has 0 radical (unpaired) electrons. The van der Waals surface area contributed by atoms with E-state index in [0.29, 0.717) is 27.1 Å². The number of halogens is 2. The van der Waals surface area contributed by atoms with Crippen LogP contribution in [0.15, 0.2) is 47.6 Å². The van der Waals surface area contributed by atoms with Gasteiger partial charge in [-0.25, -0.2) is 0 Å². The maximum absolute atomic E-state index is 12.7. The molecule has 2 aromatic heterocycles. The molecule has 0 fully saturated rings. The van der Waals surface area contributed by atoms with Crippen LogP contribution in [-0.2, 0) is 0 Å². The van der Waals surface area contributed by atoms with E-state index in [2.05, 4.69) is 9.97 Å². The Labute approximate surface area is 122 Å². The fraction of sp³-hybridized carbons (Fsp3) is 0.0769. The maximum atomic E-state index is 12.7. The van der Waals surface area contributed by atoms with Crippen LogP contribution in [0.3, 0.4) is 0 Å². The van der Waals surface area contributed by atoms with Crippen molar-refractivity contribution < 1.29 is 8.78 Å². The summed E-state index contributed by atoms with van der Waals surface area (Å²) < 4.78 is 27.5. The fourth-order valence-electron chi connectivity index (χ4n) is 2.04. The number of hydrogen-bond donors (Lipinski definition) is 1. The first-order valence-electron chi connectivity index (χ1n) is 5.76. The Morgan fingerprint density at radius 2 is 2.05 bits per heavy atom. The summed E-state index contributed by atoms with van der Waals surface area (Å²) in [7, 11) is 0. The number of H-pyrrole nitrogens is 1. The highest BCUT2D eigenvalue weighted by Crippen LogP contribution is 2.32. The summed E-state index contributed by atoms with van der Waals surface area (Å²) in [6.45, 7) is 0. The van der Waals surface area contributed by atoms with Crippen molar-refractivity contribution in [2.24, 2.45) is 0 Å². The third kappa shape index (κ3) is 2.34. The molecular weight excluding hydrogens is 300 g/mol. The lowest BCUT2D eigenvalue weighted by Crippen LogP contribution is -1.97. The van der Waals surface area contributed by atoms with Crippen LogP contribution < -0.4 is 0 Å². The van der Waals surface area contributed by atoms with E-state index in [0.717, 1.165) is 11.0 Å². The molecule has 0 atom stereocenters. The zero-order chi connectivity index (χ0) is 14.1. The van der Waals surface area contributed by atoms with E-state index in [1.807, 2.05) is 0 Å². The van der Waals surface area contributed by atoms with Crippen molar-refractivity contribution in [1.29, 1.82) is 0 Å². The van der Waals surface area contributed by atoms with E-state index >= 15 is 0 Å². The van der Waals surface area contributed by atoms with Gasteiger partial charge in [-0.3, -0.25) is 9.55 Å². The molecule has 0 aliphatic rings. The summed E-state index contributed by atoms with van der Waals surface area (Å²) in [6, 6.07) is 8.76. The van der Waals surface area contributed by atoms with Gasteiger partial charge in [0.2, 0.25) is 0 Å². The van der Waals surface area contributed by atoms with Crippen LogP contribution in [0.2, 0.25) is 0 Å². The highest BCUT2D eigenvalue weighted by molar-refractivity contribution is 7.99. The second-order valence-electron chi connectivity index (χ2n) is 4.00. The van der Waals surface area contributed by atoms with Crippen molar-refractivity contribution in [3.8, 4) is 5.69 Å². The van der Waals surface area contributed by atoms with Crippen LogP contribution >= 0.6 is 24.0 Å². The number of thioether (sulfide) groups is 1. The van der Waals surface area contributed by atoms with E-state index < -0.39 is 5.76 Å². The minimum absolute atomic E-state index is 0.454. The smallest absolute Gasteiger partial charge is 0.288 e. The van der Waals surface area contributed by atoms with E-state index in [1.165, 1.54) is 0 Å². The van der Waals surface area contributed by atoms with E-state index in [9.17, 15) is 8.78 Å². The SMILES string of the molecule is FC(F)Sc1ccccc1-n1c(=S)[nH]c2cnccc21. The summed E-state index contributed by atoms with van der Waals surface area (Å²) in [4.78, 5) is 7.52. The zero-order valence-electron chi connectivity index (χ0n) is 10.1. The first kappa shape index (κ1) is 13.3. The summed E-state index contributed by atoms with van der Waals surface area (Å²) >= 11 is 5.80. The van der Waals surface area contributed by atoms with Crippen LogP contribution in [0.25, 0.3) is 16.7 Å². The van der Waals surface area contributed by atoms with Crippen LogP contribution in [0.1, 0.15) is 0 Å². The lowest BCUT2D eigenvalue weighted by molar-refractivity contribution is 0.252. The minimum Gasteiger partial charge on any atom is -0.329 e. The van der Waals surface area contributed by atoms with Gasteiger partial charge in [-0.1, -0.05) is 23.9 Å². The Morgan fingerprint density at radius 3 is 2.85 bits per heavy atom. The second-order valence-corrected chi connectivity index (χ2v) is 5.42. The van der Waals surface area contributed by atoms with Gasteiger partial charge in [0.05, 0.1) is 22.9 Å². The Bertz CT molecular complexity index is 810. The van der Waals surface area contributed by atoms with Crippen molar-refractivity contribution in [1.82, 2.24) is 14.5 Å². The average molecular weight is 309 g/mol. The Hall–Kier alpha value is -1.73. The fourth-order valence-corrected chi connectivity index (χ4v) is 2.97. The average Bonchev–Trinajstić information content (AvgIpc) is 2.75. The van der Waals surface area contributed by atoms with E-state index in [-0.39, 0.29) is 0 Å². The Morgan fingerprint density at radius 1 is 1.25 bits per heavy atom. The highest BCUT2D eigenvalue weighted by Gasteiger charge is 2.13. The number of fused-ring (bicyclic) bond motifs is 1. The van der Waals surface area contributed by atoms with Gasteiger partial charge in [0.1, 0.15) is 0 Å². The lowest BCUT2D eigenvalue weighted by Gasteiger charge is -2.10. The van der Waals surface area contributed by atoms with Gasteiger partial charge in [-0.2, -0.15) is 8.78 Å². The first-order valence-corrected chi connectivity index (χ1v) is 7.04. The van der Waals surface area contributed by atoms with E-state index in [4.69, 9.17) is 12.2 Å². The van der Waals surface area contributed by atoms with E-state index in [1.54, 1.807) is 47.3 Å². The molecule has 3 rings (SSSR count). The van der Waals surface area contributed by atoms with Crippen molar-refractivity contribution in [3.63, 3.8) is 0 Å². The second kappa shape index (κ2) is 5.34. The number of alkyl halides is 2. The van der Waals surface area contributed by atoms with Gasteiger partial charge in [0.15, 0.2) is 4.77 Å². The summed E-state index contributed by atoms with van der Waals surface area (Å²) in [5, 5.41) is 0. The number of nitrogens with zero attached hydrogens (tertiary/aromatic N) is 2. The number of aromatic amines is 1.